The third-order valence-electron chi connectivity index (χ3n) is 1.91. The SMILES string of the molecule is COCCN(C)c1snc(N)c1C. The summed E-state index contributed by atoms with van der Waals surface area (Å²) in [6.45, 7) is 3.56. The molecule has 0 unspecified atom stereocenters. The van der Waals surface area contributed by atoms with Crippen LogP contribution in [0.2, 0.25) is 0 Å². The molecule has 0 atom stereocenters. The first-order chi connectivity index (χ1) is 6.16. The van der Waals surface area contributed by atoms with Crippen LogP contribution in [0.1, 0.15) is 5.56 Å². The van der Waals surface area contributed by atoms with Gasteiger partial charge in [-0.1, -0.05) is 0 Å². The van der Waals surface area contributed by atoms with Gasteiger partial charge in [0.25, 0.3) is 0 Å². The molecule has 1 aromatic heterocycles. The largest absolute Gasteiger partial charge is 0.383 e. The van der Waals surface area contributed by atoms with Crippen molar-refractivity contribution in [3.8, 4) is 0 Å². The molecule has 2 N–H and O–H groups in total. The molecule has 1 aromatic rings. The summed E-state index contributed by atoms with van der Waals surface area (Å²) in [5, 5.41) is 1.12. The van der Waals surface area contributed by atoms with Gasteiger partial charge in [-0.05, 0) is 18.5 Å². The highest BCUT2D eigenvalue weighted by molar-refractivity contribution is 7.10. The van der Waals surface area contributed by atoms with E-state index in [9.17, 15) is 0 Å². The molecule has 13 heavy (non-hydrogen) atoms. The summed E-state index contributed by atoms with van der Waals surface area (Å²) < 4.78 is 9.07. The van der Waals surface area contributed by atoms with E-state index in [1.807, 2.05) is 14.0 Å². The second kappa shape index (κ2) is 4.43. The van der Waals surface area contributed by atoms with Gasteiger partial charge in [0.05, 0.1) is 6.61 Å². The standard InChI is InChI=1S/C8H15N3OS/c1-6-7(9)10-13-8(6)11(2)4-5-12-3/h4-5H2,1-3H3,(H2,9,10). The lowest BCUT2D eigenvalue weighted by molar-refractivity contribution is 0.206. The summed E-state index contributed by atoms with van der Waals surface area (Å²) in [5.41, 5.74) is 6.71. The molecule has 0 aliphatic heterocycles. The normalized spacial score (nSPS) is 10.4. The summed E-state index contributed by atoms with van der Waals surface area (Å²) in [4.78, 5) is 2.10. The zero-order valence-corrected chi connectivity index (χ0v) is 9.02. The number of aromatic nitrogens is 1. The van der Waals surface area contributed by atoms with Gasteiger partial charge in [-0.15, -0.1) is 0 Å². The zero-order chi connectivity index (χ0) is 9.84. The van der Waals surface area contributed by atoms with Crippen LogP contribution in [-0.2, 0) is 4.74 Å². The number of nitrogen functional groups attached to an aromatic ring is 1. The topological polar surface area (TPSA) is 51.4 Å². The Kier molecular flexibility index (Phi) is 3.50. The number of hydrogen-bond acceptors (Lipinski definition) is 5. The van der Waals surface area contributed by atoms with Crippen LogP contribution in [0.25, 0.3) is 0 Å². The number of ether oxygens (including phenoxy) is 1. The number of rotatable bonds is 4. The Balaban J connectivity index is 2.65. The van der Waals surface area contributed by atoms with Gasteiger partial charge in [0.15, 0.2) is 0 Å². The molecule has 0 spiro atoms. The van der Waals surface area contributed by atoms with E-state index in [4.69, 9.17) is 10.5 Å². The van der Waals surface area contributed by atoms with Gasteiger partial charge in [-0.3, -0.25) is 0 Å². The zero-order valence-electron chi connectivity index (χ0n) is 8.20. The quantitative estimate of drug-likeness (QED) is 0.793. The van der Waals surface area contributed by atoms with Gasteiger partial charge >= 0.3 is 0 Å². The van der Waals surface area contributed by atoms with Crippen LogP contribution in [0.3, 0.4) is 0 Å². The van der Waals surface area contributed by atoms with Gasteiger partial charge in [0.1, 0.15) is 10.8 Å². The second-order valence-electron chi connectivity index (χ2n) is 2.91. The van der Waals surface area contributed by atoms with E-state index in [1.165, 1.54) is 11.5 Å². The first kappa shape index (κ1) is 10.3. The van der Waals surface area contributed by atoms with Gasteiger partial charge in [0, 0.05) is 26.3 Å². The van der Waals surface area contributed by atoms with Crippen molar-refractivity contribution in [1.29, 1.82) is 0 Å². The summed E-state index contributed by atoms with van der Waals surface area (Å²) in [7, 11) is 3.71. The van der Waals surface area contributed by atoms with E-state index >= 15 is 0 Å². The van der Waals surface area contributed by atoms with Gasteiger partial charge < -0.3 is 15.4 Å². The molecular weight excluding hydrogens is 186 g/mol. The van der Waals surface area contributed by atoms with Crippen LogP contribution in [0.15, 0.2) is 0 Å². The monoisotopic (exact) mass is 201 g/mol. The molecule has 74 valence electrons. The first-order valence-corrected chi connectivity index (χ1v) is 4.86. The molecule has 1 heterocycles. The van der Waals surface area contributed by atoms with E-state index in [-0.39, 0.29) is 0 Å². The average Bonchev–Trinajstić information content (AvgIpc) is 2.44. The van der Waals surface area contributed by atoms with Crippen LogP contribution >= 0.6 is 11.5 Å². The van der Waals surface area contributed by atoms with Crippen LogP contribution in [0.5, 0.6) is 0 Å². The molecule has 0 aliphatic carbocycles. The molecule has 5 heteroatoms. The fraction of sp³-hybridized carbons (Fsp3) is 0.625. The van der Waals surface area contributed by atoms with Crippen LogP contribution < -0.4 is 10.6 Å². The Hall–Kier alpha value is -0.810. The number of methoxy groups -OCH3 is 1. The summed E-state index contributed by atoms with van der Waals surface area (Å²) in [5.74, 6) is 0.629. The Morgan fingerprint density at radius 3 is 2.77 bits per heavy atom. The summed E-state index contributed by atoms with van der Waals surface area (Å²) in [6.07, 6.45) is 0. The third kappa shape index (κ3) is 2.32. The second-order valence-corrected chi connectivity index (χ2v) is 3.66. The Labute approximate surface area is 82.5 Å². The lowest BCUT2D eigenvalue weighted by Gasteiger charge is -2.16. The number of nitrogens with two attached hydrogens (primary N) is 1. The van der Waals surface area contributed by atoms with Crippen molar-refractivity contribution in [2.24, 2.45) is 0 Å². The number of anilines is 2. The minimum absolute atomic E-state index is 0.629. The molecule has 0 radical (unpaired) electrons. The highest BCUT2D eigenvalue weighted by Crippen LogP contribution is 2.28. The maximum Gasteiger partial charge on any atom is 0.142 e. The van der Waals surface area contributed by atoms with Crippen molar-refractivity contribution in [1.82, 2.24) is 4.37 Å². The summed E-state index contributed by atoms with van der Waals surface area (Å²) in [6, 6.07) is 0. The van der Waals surface area contributed by atoms with Gasteiger partial charge in [0.2, 0.25) is 0 Å². The van der Waals surface area contributed by atoms with Crippen LogP contribution in [0.4, 0.5) is 10.8 Å². The van der Waals surface area contributed by atoms with Crippen LogP contribution in [-0.4, -0.2) is 31.7 Å². The molecular formula is C8H15N3OS. The molecule has 0 bridgehead atoms. The minimum atomic E-state index is 0.629. The van der Waals surface area contributed by atoms with Crippen molar-refractivity contribution >= 4 is 22.4 Å². The van der Waals surface area contributed by atoms with Crippen molar-refractivity contribution in [2.45, 2.75) is 6.92 Å². The van der Waals surface area contributed by atoms with E-state index in [0.717, 1.165) is 17.1 Å². The van der Waals surface area contributed by atoms with Gasteiger partial charge in [-0.2, -0.15) is 4.37 Å². The van der Waals surface area contributed by atoms with Crippen molar-refractivity contribution in [3.63, 3.8) is 0 Å². The number of hydrogen-bond donors (Lipinski definition) is 1. The first-order valence-electron chi connectivity index (χ1n) is 4.08. The fourth-order valence-corrected chi connectivity index (χ4v) is 1.82. The Morgan fingerprint density at radius 2 is 2.31 bits per heavy atom. The lowest BCUT2D eigenvalue weighted by Crippen LogP contribution is -2.21. The molecule has 0 fully saturated rings. The van der Waals surface area contributed by atoms with Crippen LogP contribution in [0, 0.1) is 6.92 Å². The molecule has 4 nitrogen and oxygen atoms in total. The molecule has 0 saturated heterocycles. The molecule has 0 aromatic carbocycles. The number of likely N-dealkylation sites (N-methyl/N-ethyl adjacent to an activating group) is 1. The maximum absolute atomic E-state index is 5.65. The van der Waals surface area contributed by atoms with Crippen molar-refractivity contribution < 1.29 is 4.74 Å². The molecule has 1 rings (SSSR count). The average molecular weight is 201 g/mol. The predicted molar refractivity (Wildman–Crippen MR) is 56.4 cm³/mol. The highest BCUT2D eigenvalue weighted by Gasteiger charge is 2.10. The molecule has 0 saturated carbocycles. The molecule has 0 aliphatic rings. The van der Waals surface area contributed by atoms with Gasteiger partial charge in [-0.25, -0.2) is 0 Å². The maximum atomic E-state index is 5.65. The predicted octanol–water partition coefficient (Wildman–Crippen LogP) is 1.12. The Bertz CT molecular complexity index is 274. The fourth-order valence-electron chi connectivity index (χ4n) is 1.02. The smallest absolute Gasteiger partial charge is 0.142 e. The number of nitrogens with zero attached hydrogens (tertiary/aromatic N) is 2. The third-order valence-corrected chi connectivity index (χ3v) is 2.99. The van der Waals surface area contributed by atoms with E-state index in [1.54, 1.807) is 7.11 Å². The Morgan fingerprint density at radius 1 is 1.62 bits per heavy atom. The van der Waals surface area contributed by atoms with E-state index in [2.05, 4.69) is 9.27 Å². The van der Waals surface area contributed by atoms with Crippen molar-refractivity contribution in [2.75, 3.05) is 37.9 Å². The summed E-state index contributed by atoms with van der Waals surface area (Å²) >= 11 is 1.43. The van der Waals surface area contributed by atoms with Crippen molar-refractivity contribution in [3.05, 3.63) is 5.56 Å². The molecule has 0 amide bonds. The highest BCUT2D eigenvalue weighted by atomic mass is 32.1. The van der Waals surface area contributed by atoms with E-state index in [0.29, 0.717) is 12.4 Å². The lowest BCUT2D eigenvalue weighted by atomic mass is 10.3. The van der Waals surface area contributed by atoms with E-state index < -0.39 is 0 Å². The minimum Gasteiger partial charge on any atom is -0.383 e.